The number of nitro benzene ring substituents is 1. The summed E-state index contributed by atoms with van der Waals surface area (Å²) >= 11 is 0. The van der Waals surface area contributed by atoms with Crippen molar-refractivity contribution in [2.75, 3.05) is 19.5 Å². The maximum atomic E-state index is 12.9. The predicted molar refractivity (Wildman–Crippen MR) is 104 cm³/mol. The topological polar surface area (TPSA) is 90.7 Å². The summed E-state index contributed by atoms with van der Waals surface area (Å²) in [6.45, 7) is 0. The molecule has 1 aliphatic heterocycles. The van der Waals surface area contributed by atoms with Crippen LogP contribution in [0.25, 0.3) is 0 Å². The summed E-state index contributed by atoms with van der Waals surface area (Å²) in [6.07, 6.45) is 1.91. The van der Waals surface area contributed by atoms with Crippen LogP contribution in [0.3, 0.4) is 0 Å². The van der Waals surface area contributed by atoms with Crippen LogP contribution < -0.4 is 14.8 Å². The van der Waals surface area contributed by atoms with Gasteiger partial charge in [0.1, 0.15) is 11.5 Å². The summed E-state index contributed by atoms with van der Waals surface area (Å²) in [7, 11) is 3.11. The minimum Gasteiger partial charge on any atom is -0.497 e. The Morgan fingerprint density at radius 1 is 1.14 bits per heavy atom. The zero-order valence-electron chi connectivity index (χ0n) is 15.7. The molecule has 2 aromatic rings. The second-order valence-electron chi connectivity index (χ2n) is 6.83. The van der Waals surface area contributed by atoms with Gasteiger partial charge >= 0.3 is 0 Å². The lowest BCUT2D eigenvalue weighted by Gasteiger charge is -2.34. The van der Waals surface area contributed by atoms with Gasteiger partial charge in [0.05, 0.1) is 25.1 Å². The molecule has 0 spiro atoms. The molecular formula is C21H20N2O5. The Bertz CT molecular complexity index is 1010. The Hall–Kier alpha value is -3.35. The number of carbonyl (C=O) groups is 1. The van der Waals surface area contributed by atoms with Crippen molar-refractivity contribution in [2.45, 2.75) is 25.2 Å². The molecule has 0 radical (unpaired) electrons. The highest BCUT2D eigenvalue weighted by Gasteiger charge is 2.40. The Kier molecular flexibility index (Phi) is 4.50. The maximum Gasteiger partial charge on any atom is 0.273 e. The number of nitrogens with zero attached hydrogens (tertiary/aromatic N) is 1. The van der Waals surface area contributed by atoms with E-state index in [-0.39, 0.29) is 11.5 Å². The number of hydrogen-bond acceptors (Lipinski definition) is 6. The fraction of sp³-hybridized carbons (Fsp3) is 0.286. The lowest BCUT2D eigenvalue weighted by atomic mass is 9.74. The Morgan fingerprint density at radius 3 is 2.64 bits per heavy atom. The minimum atomic E-state index is -0.568. The third kappa shape index (κ3) is 2.79. The third-order valence-electron chi connectivity index (χ3n) is 5.33. The van der Waals surface area contributed by atoms with E-state index in [1.807, 2.05) is 6.07 Å². The molecule has 1 heterocycles. The number of benzene rings is 2. The summed E-state index contributed by atoms with van der Waals surface area (Å²) in [5.74, 6) is 0.576. The highest BCUT2D eigenvalue weighted by Crippen LogP contribution is 2.51. The van der Waals surface area contributed by atoms with Gasteiger partial charge in [-0.15, -0.1) is 0 Å². The number of hydrogen-bond donors (Lipinski definition) is 1. The molecular weight excluding hydrogens is 360 g/mol. The lowest BCUT2D eigenvalue weighted by Crippen LogP contribution is -2.27. The van der Waals surface area contributed by atoms with E-state index < -0.39 is 10.8 Å². The second-order valence-corrected chi connectivity index (χ2v) is 6.83. The quantitative estimate of drug-likeness (QED) is 0.632. The Morgan fingerprint density at radius 2 is 1.93 bits per heavy atom. The van der Waals surface area contributed by atoms with Crippen LogP contribution >= 0.6 is 0 Å². The van der Waals surface area contributed by atoms with E-state index in [0.29, 0.717) is 34.6 Å². The number of allylic oxidation sites excluding steroid dienone is 2. The number of ketones is 1. The molecule has 2 aliphatic rings. The summed E-state index contributed by atoms with van der Waals surface area (Å²) in [5, 5.41) is 15.1. The van der Waals surface area contributed by atoms with E-state index in [1.54, 1.807) is 31.4 Å². The number of nitro groups is 1. The van der Waals surface area contributed by atoms with E-state index in [1.165, 1.54) is 13.2 Å². The Labute approximate surface area is 162 Å². The summed E-state index contributed by atoms with van der Waals surface area (Å²) in [6, 6.07) is 10.2. The van der Waals surface area contributed by atoms with Crippen molar-refractivity contribution >= 4 is 17.2 Å². The molecule has 28 heavy (non-hydrogen) atoms. The highest BCUT2D eigenvalue weighted by atomic mass is 16.6. The molecule has 1 atom stereocenters. The molecule has 0 bridgehead atoms. The second kappa shape index (κ2) is 6.99. The fourth-order valence-corrected chi connectivity index (χ4v) is 4.13. The van der Waals surface area contributed by atoms with Crippen molar-refractivity contribution in [2.24, 2.45) is 0 Å². The van der Waals surface area contributed by atoms with E-state index in [2.05, 4.69) is 5.32 Å². The minimum absolute atomic E-state index is 0.0107. The van der Waals surface area contributed by atoms with E-state index in [9.17, 15) is 14.9 Å². The Balaban J connectivity index is 2.04. The number of carbonyl (C=O) groups excluding carboxylic acids is 1. The molecule has 7 nitrogen and oxygen atoms in total. The summed E-state index contributed by atoms with van der Waals surface area (Å²) in [5.41, 5.74) is 3.35. The maximum absolute atomic E-state index is 12.9. The number of fused-ring (bicyclic) bond motifs is 1. The number of anilines is 1. The van der Waals surface area contributed by atoms with Gasteiger partial charge in [-0.3, -0.25) is 14.9 Å². The lowest BCUT2D eigenvalue weighted by molar-refractivity contribution is -0.385. The average Bonchev–Trinajstić information content (AvgIpc) is 2.71. The van der Waals surface area contributed by atoms with Gasteiger partial charge in [0.25, 0.3) is 5.69 Å². The van der Waals surface area contributed by atoms with Gasteiger partial charge in [-0.2, -0.15) is 0 Å². The molecule has 0 aromatic heterocycles. The van der Waals surface area contributed by atoms with Crippen molar-refractivity contribution in [3.63, 3.8) is 0 Å². The van der Waals surface area contributed by atoms with Crippen molar-refractivity contribution in [3.8, 4) is 11.5 Å². The molecule has 0 fully saturated rings. The van der Waals surface area contributed by atoms with Crippen LogP contribution in [0.2, 0.25) is 0 Å². The monoisotopic (exact) mass is 380 g/mol. The normalized spacial score (nSPS) is 18.1. The van der Waals surface area contributed by atoms with E-state index in [0.717, 1.165) is 24.2 Å². The zero-order chi connectivity index (χ0) is 19.8. The zero-order valence-corrected chi connectivity index (χ0v) is 15.7. The largest absolute Gasteiger partial charge is 0.497 e. The smallest absolute Gasteiger partial charge is 0.273 e. The van der Waals surface area contributed by atoms with Crippen LogP contribution in [-0.4, -0.2) is 24.9 Å². The van der Waals surface area contributed by atoms with Gasteiger partial charge in [-0.05, 0) is 12.8 Å². The van der Waals surface area contributed by atoms with Gasteiger partial charge in [0, 0.05) is 52.7 Å². The van der Waals surface area contributed by atoms with Crippen LogP contribution in [0.5, 0.6) is 11.5 Å². The molecule has 0 saturated carbocycles. The van der Waals surface area contributed by atoms with Crippen LogP contribution in [0.4, 0.5) is 11.4 Å². The van der Waals surface area contributed by atoms with Gasteiger partial charge < -0.3 is 14.8 Å². The van der Waals surface area contributed by atoms with E-state index in [4.69, 9.17) is 9.47 Å². The molecule has 4 rings (SSSR count). The molecule has 0 saturated heterocycles. The van der Waals surface area contributed by atoms with Crippen LogP contribution in [0.1, 0.15) is 36.3 Å². The van der Waals surface area contributed by atoms with Crippen molar-refractivity contribution < 1.29 is 19.2 Å². The van der Waals surface area contributed by atoms with E-state index >= 15 is 0 Å². The molecule has 0 unspecified atom stereocenters. The fourth-order valence-electron chi connectivity index (χ4n) is 4.13. The van der Waals surface area contributed by atoms with Crippen molar-refractivity contribution in [1.29, 1.82) is 0 Å². The van der Waals surface area contributed by atoms with Crippen molar-refractivity contribution in [1.82, 2.24) is 0 Å². The first-order valence-corrected chi connectivity index (χ1v) is 9.07. The third-order valence-corrected chi connectivity index (χ3v) is 5.33. The van der Waals surface area contributed by atoms with Gasteiger partial charge in [-0.1, -0.05) is 18.2 Å². The standard InChI is InChI=1S/C21H20N2O5/c1-27-12-10-15-21(18(11-12)28-2)19(13-6-3-4-8-16(13)23(25)26)20-14(22-15)7-5-9-17(20)24/h3-4,6,8,10-11,19,22H,5,7,9H2,1-2H3/t19-/m0/s1. The summed E-state index contributed by atoms with van der Waals surface area (Å²) < 4.78 is 11.0. The SMILES string of the molecule is COc1cc2c(c(OC)c1)[C@@H](c1ccccc1[N+](=O)[O-])C1=C(CCCC1=O)N2. The molecule has 7 heteroatoms. The number of para-hydroxylation sites is 1. The average molecular weight is 380 g/mol. The molecule has 0 amide bonds. The van der Waals surface area contributed by atoms with Crippen molar-refractivity contribution in [3.05, 3.63) is 68.9 Å². The highest BCUT2D eigenvalue weighted by molar-refractivity contribution is 6.01. The van der Waals surface area contributed by atoms with Gasteiger partial charge in [-0.25, -0.2) is 0 Å². The number of Topliss-reactive ketones (excluding diaryl/α,β-unsaturated/α-hetero) is 1. The molecule has 2 aromatic carbocycles. The van der Waals surface area contributed by atoms with Crippen LogP contribution in [0, 0.1) is 10.1 Å². The molecule has 1 aliphatic carbocycles. The summed E-state index contributed by atoms with van der Waals surface area (Å²) in [4.78, 5) is 24.2. The van der Waals surface area contributed by atoms with Crippen LogP contribution in [0.15, 0.2) is 47.7 Å². The molecule has 144 valence electrons. The first-order chi connectivity index (χ1) is 13.5. The van der Waals surface area contributed by atoms with Crippen LogP contribution in [-0.2, 0) is 4.79 Å². The number of methoxy groups -OCH3 is 2. The van der Waals surface area contributed by atoms with Gasteiger partial charge in [0.2, 0.25) is 0 Å². The number of nitrogens with one attached hydrogen (secondary N) is 1. The molecule has 1 N–H and O–H groups in total. The first-order valence-electron chi connectivity index (χ1n) is 9.07. The first kappa shape index (κ1) is 18.0. The number of ether oxygens (including phenoxy) is 2. The predicted octanol–water partition coefficient (Wildman–Crippen LogP) is 4.18. The van der Waals surface area contributed by atoms with Gasteiger partial charge in [0.15, 0.2) is 5.78 Å². The number of rotatable bonds is 4.